The molecule has 1 aromatic carbocycles. The van der Waals surface area contributed by atoms with E-state index >= 15 is 0 Å². The minimum atomic E-state index is -2.04. The van der Waals surface area contributed by atoms with E-state index < -0.39 is 23.7 Å². The fourth-order valence-corrected chi connectivity index (χ4v) is 1.63. The number of benzene rings is 1. The molecule has 2 nitrogen and oxygen atoms in total. The maximum absolute atomic E-state index is 13.7. The summed E-state index contributed by atoms with van der Waals surface area (Å²) >= 11 is 0. The smallest absolute Gasteiger partial charge is 0.221 e. The Labute approximate surface area is 101 Å². The van der Waals surface area contributed by atoms with Gasteiger partial charge in [-0.25, -0.2) is 4.39 Å². The normalized spacial score (nSPS) is 12.5. The van der Waals surface area contributed by atoms with E-state index in [1.54, 1.807) is 38.1 Å². The minimum Gasteiger partial charge on any atom is -0.296 e. The van der Waals surface area contributed by atoms with E-state index in [9.17, 15) is 14.0 Å². The van der Waals surface area contributed by atoms with Gasteiger partial charge in [-0.15, -0.1) is 0 Å². The second-order valence-corrected chi connectivity index (χ2v) is 4.29. The van der Waals surface area contributed by atoms with Crippen molar-refractivity contribution < 1.29 is 14.0 Å². The topological polar surface area (TPSA) is 34.1 Å². The molecular weight excluding hydrogens is 219 g/mol. The number of halogens is 1. The lowest BCUT2D eigenvalue weighted by atomic mass is 9.94. The third-order valence-electron chi connectivity index (χ3n) is 2.71. The molecule has 0 radical (unpaired) electrons. The summed E-state index contributed by atoms with van der Waals surface area (Å²) in [7, 11) is 0. The summed E-state index contributed by atoms with van der Waals surface area (Å²) in [5.74, 6) is -1.84. The van der Waals surface area contributed by atoms with E-state index in [4.69, 9.17) is 0 Å². The molecular formula is C14H17FO2. The van der Waals surface area contributed by atoms with Crippen molar-refractivity contribution in [3.05, 3.63) is 35.4 Å². The summed E-state index contributed by atoms with van der Waals surface area (Å²) in [5, 5.41) is 0. The molecule has 1 rings (SSSR count). The van der Waals surface area contributed by atoms with Gasteiger partial charge in [-0.2, -0.15) is 0 Å². The predicted molar refractivity (Wildman–Crippen MR) is 64.9 cm³/mol. The summed E-state index contributed by atoms with van der Waals surface area (Å²) < 4.78 is 13.7. The van der Waals surface area contributed by atoms with Crippen molar-refractivity contribution in [3.63, 3.8) is 0 Å². The first-order valence-corrected chi connectivity index (χ1v) is 5.79. The van der Waals surface area contributed by atoms with Gasteiger partial charge in [-0.05, 0) is 12.0 Å². The molecule has 0 bridgehead atoms. The highest BCUT2D eigenvalue weighted by atomic mass is 19.1. The van der Waals surface area contributed by atoms with Gasteiger partial charge >= 0.3 is 0 Å². The Bertz CT molecular complexity index is 424. The number of hydrogen-bond acceptors (Lipinski definition) is 2. The summed E-state index contributed by atoms with van der Waals surface area (Å²) in [4.78, 5) is 23.3. The van der Waals surface area contributed by atoms with Crippen LogP contribution in [0.15, 0.2) is 24.3 Å². The lowest BCUT2D eigenvalue weighted by Crippen LogP contribution is -2.30. The van der Waals surface area contributed by atoms with Gasteiger partial charge in [0.15, 0.2) is 5.78 Å². The zero-order valence-electron chi connectivity index (χ0n) is 10.4. The van der Waals surface area contributed by atoms with Crippen molar-refractivity contribution in [2.24, 2.45) is 5.92 Å². The molecule has 0 fully saturated rings. The molecule has 0 aliphatic rings. The van der Waals surface area contributed by atoms with Gasteiger partial charge in [0.1, 0.15) is 0 Å². The van der Waals surface area contributed by atoms with E-state index in [2.05, 4.69) is 0 Å². The number of rotatable bonds is 5. The third kappa shape index (κ3) is 2.99. The number of carbonyl (C=O) groups is 2. The molecule has 0 saturated carbocycles. The van der Waals surface area contributed by atoms with Gasteiger partial charge in [-0.3, -0.25) is 9.59 Å². The molecule has 0 aliphatic carbocycles. The van der Waals surface area contributed by atoms with Crippen LogP contribution in [0.1, 0.15) is 36.7 Å². The van der Waals surface area contributed by atoms with Gasteiger partial charge in [-0.1, -0.05) is 45.0 Å². The summed E-state index contributed by atoms with van der Waals surface area (Å²) in [5.41, 5.74) is 1.09. The van der Waals surface area contributed by atoms with Crippen LogP contribution in [0.4, 0.5) is 4.39 Å². The maximum atomic E-state index is 13.7. The van der Waals surface area contributed by atoms with Gasteiger partial charge in [0.05, 0.1) is 0 Å². The van der Waals surface area contributed by atoms with E-state index in [-0.39, 0.29) is 0 Å². The highest BCUT2D eigenvalue weighted by Gasteiger charge is 2.29. The van der Waals surface area contributed by atoms with Crippen molar-refractivity contribution in [1.29, 1.82) is 0 Å². The average Bonchev–Trinajstić information content (AvgIpc) is 2.35. The van der Waals surface area contributed by atoms with Crippen molar-refractivity contribution in [2.45, 2.75) is 33.4 Å². The summed E-state index contributed by atoms with van der Waals surface area (Å²) in [6.45, 7) is 5.07. The van der Waals surface area contributed by atoms with E-state index in [0.29, 0.717) is 12.0 Å². The first-order valence-electron chi connectivity index (χ1n) is 5.79. The molecule has 0 heterocycles. The fraction of sp³-hybridized carbons (Fsp3) is 0.429. The van der Waals surface area contributed by atoms with E-state index in [1.165, 1.54) is 0 Å². The molecule has 0 amide bonds. The van der Waals surface area contributed by atoms with Crippen LogP contribution in [-0.4, -0.2) is 17.7 Å². The van der Waals surface area contributed by atoms with E-state index in [0.717, 1.165) is 5.56 Å². The van der Waals surface area contributed by atoms with Crippen LogP contribution >= 0.6 is 0 Å². The molecule has 0 aliphatic heterocycles. The Balaban J connectivity index is 3.00. The van der Waals surface area contributed by atoms with Crippen LogP contribution in [0.2, 0.25) is 0 Å². The molecule has 1 atom stereocenters. The summed E-state index contributed by atoms with van der Waals surface area (Å²) in [6, 6.07) is 6.83. The molecule has 0 N–H and O–H groups in total. The van der Waals surface area contributed by atoms with Crippen LogP contribution in [0.5, 0.6) is 0 Å². The van der Waals surface area contributed by atoms with Gasteiger partial charge in [0, 0.05) is 11.5 Å². The van der Waals surface area contributed by atoms with Gasteiger partial charge in [0.25, 0.3) is 0 Å². The minimum absolute atomic E-state index is 0.316. The molecule has 3 heteroatoms. The quantitative estimate of drug-likeness (QED) is 0.581. The molecule has 0 aromatic heterocycles. The van der Waals surface area contributed by atoms with Crippen LogP contribution in [-0.2, 0) is 11.2 Å². The molecule has 0 saturated heterocycles. The third-order valence-corrected chi connectivity index (χ3v) is 2.71. The average molecular weight is 236 g/mol. The van der Waals surface area contributed by atoms with Gasteiger partial charge < -0.3 is 0 Å². The molecule has 92 valence electrons. The second kappa shape index (κ2) is 5.71. The van der Waals surface area contributed by atoms with Crippen molar-refractivity contribution in [1.82, 2.24) is 0 Å². The Hall–Kier alpha value is -1.51. The van der Waals surface area contributed by atoms with E-state index in [1.807, 2.05) is 6.92 Å². The molecule has 17 heavy (non-hydrogen) atoms. The van der Waals surface area contributed by atoms with Crippen LogP contribution < -0.4 is 0 Å². The SMILES string of the molecule is CCc1ccccc1C(=O)C(F)C(=O)C(C)C. The van der Waals surface area contributed by atoms with Crippen molar-refractivity contribution in [3.8, 4) is 0 Å². The number of alkyl halides is 1. The number of hydrogen-bond donors (Lipinski definition) is 0. The first-order chi connectivity index (χ1) is 7.99. The predicted octanol–water partition coefficient (Wildman–Crippen LogP) is 2.99. The number of ketones is 2. The zero-order valence-corrected chi connectivity index (χ0v) is 10.4. The van der Waals surface area contributed by atoms with Crippen molar-refractivity contribution >= 4 is 11.6 Å². The zero-order chi connectivity index (χ0) is 13.0. The number of aryl methyl sites for hydroxylation is 1. The number of Topliss-reactive ketones (excluding diaryl/α,β-unsaturated/α-hetero) is 2. The Morgan fingerprint density at radius 2 is 1.82 bits per heavy atom. The molecule has 1 unspecified atom stereocenters. The second-order valence-electron chi connectivity index (χ2n) is 4.29. The highest BCUT2D eigenvalue weighted by Crippen LogP contribution is 2.16. The molecule has 1 aromatic rings. The van der Waals surface area contributed by atoms with Crippen molar-refractivity contribution in [2.75, 3.05) is 0 Å². The fourth-order valence-electron chi connectivity index (χ4n) is 1.63. The number of carbonyl (C=O) groups excluding carboxylic acids is 2. The lowest BCUT2D eigenvalue weighted by molar-refractivity contribution is -0.125. The van der Waals surface area contributed by atoms with Gasteiger partial charge in [0.2, 0.25) is 12.0 Å². The highest BCUT2D eigenvalue weighted by molar-refractivity contribution is 6.14. The molecule has 0 spiro atoms. The Kier molecular flexibility index (Phi) is 4.55. The first kappa shape index (κ1) is 13.6. The maximum Gasteiger partial charge on any atom is 0.221 e. The summed E-state index contributed by atoms with van der Waals surface area (Å²) in [6.07, 6.45) is -1.40. The Morgan fingerprint density at radius 3 is 2.35 bits per heavy atom. The lowest BCUT2D eigenvalue weighted by Gasteiger charge is -2.11. The largest absolute Gasteiger partial charge is 0.296 e. The Morgan fingerprint density at radius 1 is 1.24 bits per heavy atom. The monoisotopic (exact) mass is 236 g/mol. The van der Waals surface area contributed by atoms with Crippen LogP contribution in [0.3, 0.4) is 0 Å². The van der Waals surface area contributed by atoms with Crippen LogP contribution in [0, 0.1) is 5.92 Å². The standard InChI is InChI=1S/C14H17FO2/c1-4-10-7-5-6-8-11(10)14(17)12(15)13(16)9(2)3/h5-9,12H,4H2,1-3H3. The van der Waals surface area contributed by atoms with Crippen LogP contribution in [0.25, 0.3) is 0 Å².